The molecule has 0 fully saturated rings. The second-order valence-electron chi connectivity index (χ2n) is 28.8. The Balaban J connectivity index is 1.53. The Morgan fingerprint density at radius 2 is 0.700 bits per heavy atom. The van der Waals surface area contributed by atoms with E-state index < -0.39 is 74.6 Å². The lowest BCUT2D eigenvalue weighted by Gasteiger charge is -2.28. The predicted octanol–water partition coefficient (Wildman–Crippen LogP) is 15.3. The molecule has 0 saturated heterocycles. The van der Waals surface area contributed by atoms with E-state index in [1.165, 1.54) is 8.61 Å². The minimum atomic E-state index is -4.37. The third-order valence-corrected chi connectivity index (χ3v) is 19.8. The molecule has 0 aromatic heterocycles. The van der Waals surface area contributed by atoms with Crippen LogP contribution < -0.4 is 24.0 Å². The van der Waals surface area contributed by atoms with Gasteiger partial charge in [-0.1, -0.05) is 87.4 Å². The first-order valence-corrected chi connectivity index (χ1v) is 37.4. The minimum absolute atomic E-state index is 0.0262. The van der Waals surface area contributed by atoms with Gasteiger partial charge in [0.1, 0.15) is 34.1 Å². The Morgan fingerprint density at radius 3 is 1.03 bits per heavy atom. The van der Waals surface area contributed by atoms with Crippen molar-refractivity contribution in [1.29, 1.82) is 0 Å². The number of benzene rings is 7. The fourth-order valence-electron chi connectivity index (χ4n) is 11.9. The monoisotopic (exact) mass is 1410 g/mol. The van der Waals surface area contributed by atoms with Crippen molar-refractivity contribution in [2.45, 2.75) is 175 Å². The van der Waals surface area contributed by atoms with Gasteiger partial charge in [-0.15, -0.1) is 0 Å². The second kappa shape index (κ2) is 34.7. The van der Waals surface area contributed by atoms with E-state index in [1.54, 1.807) is 98.7 Å². The molecule has 100 heavy (non-hydrogen) atoms. The summed E-state index contributed by atoms with van der Waals surface area (Å²) in [5.74, 6) is -1.79. The van der Waals surface area contributed by atoms with Crippen molar-refractivity contribution in [3.05, 3.63) is 137 Å². The summed E-state index contributed by atoms with van der Waals surface area (Å²) in [5, 5.41) is 2.55. The van der Waals surface area contributed by atoms with E-state index in [4.69, 9.17) is 37.9 Å². The van der Waals surface area contributed by atoms with E-state index in [2.05, 4.69) is 13.8 Å². The third kappa shape index (κ3) is 21.6. The molecule has 0 amide bonds. The van der Waals surface area contributed by atoms with Gasteiger partial charge in [0.15, 0.2) is 19.8 Å². The summed E-state index contributed by atoms with van der Waals surface area (Å²) in [5.41, 5.74) is 3.04. The van der Waals surface area contributed by atoms with E-state index in [0.717, 1.165) is 47.8 Å². The van der Waals surface area contributed by atoms with Gasteiger partial charge in [-0.05, 0) is 174 Å². The van der Waals surface area contributed by atoms with Crippen LogP contribution in [0.4, 0.5) is 11.4 Å². The van der Waals surface area contributed by atoms with Crippen LogP contribution in [0.3, 0.4) is 0 Å². The highest BCUT2D eigenvalue weighted by atomic mass is 32.2. The lowest BCUT2D eigenvalue weighted by Crippen LogP contribution is -2.33. The van der Waals surface area contributed by atoms with Crippen LogP contribution >= 0.6 is 0 Å². The highest BCUT2D eigenvalue weighted by molar-refractivity contribution is 7.89. The van der Waals surface area contributed by atoms with Gasteiger partial charge in [0.25, 0.3) is 0 Å². The second-order valence-corrected chi connectivity index (χ2v) is 32.6. The van der Waals surface area contributed by atoms with Crippen LogP contribution in [0.1, 0.15) is 143 Å². The Kier molecular flexibility index (Phi) is 27.6. The highest BCUT2D eigenvalue weighted by Crippen LogP contribution is 2.49. The zero-order chi connectivity index (χ0) is 73.5. The summed E-state index contributed by atoms with van der Waals surface area (Å²) in [7, 11) is -1.12. The summed E-state index contributed by atoms with van der Waals surface area (Å²) in [4.78, 5) is 46.2. The van der Waals surface area contributed by atoms with Gasteiger partial charge in [0, 0.05) is 147 Å². The van der Waals surface area contributed by atoms with E-state index in [0.29, 0.717) is 86.9 Å². The van der Waals surface area contributed by atoms with Crippen molar-refractivity contribution in [2.24, 2.45) is 0 Å². The molecule has 544 valence electrons. The van der Waals surface area contributed by atoms with Crippen molar-refractivity contribution in [2.75, 3.05) is 97.3 Å². The van der Waals surface area contributed by atoms with Crippen LogP contribution in [0.25, 0.3) is 43.8 Å². The maximum atomic E-state index is 15.8. The molecule has 0 radical (unpaired) electrons. The predicted molar refractivity (Wildman–Crippen MR) is 398 cm³/mol. The lowest BCUT2D eigenvalue weighted by molar-refractivity contribution is -0.158. The number of aryl methyl sites for hydroxylation is 3. The van der Waals surface area contributed by atoms with Crippen molar-refractivity contribution >= 4 is 70.9 Å². The number of nitrogens with zero attached hydrogens (tertiary/aromatic N) is 4. The van der Waals surface area contributed by atoms with Gasteiger partial charge < -0.3 is 47.7 Å². The molecule has 0 unspecified atom stereocenters. The Morgan fingerprint density at radius 1 is 0.400 bits per heavy atom. The first-order chi connectivity index (χ1) is 47.0. The molecule has 0 bridgehead atoms. The smallest absolute Gasteiger partial charge is 0.344 e. The van der Waals surface area contributed by atoms with Gasteiger partial charge in [0.2, 0.25) is 20.0 Å². The fourth-order valence-corrected chi connectivity index (χ4v) is 15.2. The summed E-state index contributed by atoms with van der Waals surface area (Å²) in [6.07, 6.45) is 4.21. The molecule has 0 spiro atoms. The van der Waals surface area contributed by atoms with E-state index in [1.807, 2.05) is 132 Å². The van der Waals surface area contributed by atoms with Crippen LogP contribution in [-0.4, -0.2) is 148 Å². The van der Waals surface area contributed by atoms with Gasteiger partial charge in [-0.25, -0.2) is 31.2 Å². The number of anilines is 2. The Hall–Kier alpha value is -7.79. The summed E-state index contributed by atoms with van der Waals surface area (Å²) >= 11 is 0. The first kappa shape index (κ1) is 79.5. The molecule has 0 N–H and O–H groups in total. The van der Waals surface area contributed by atoms with Crippen LogP contribution in [0, 0.1) is 20.8 Å². The molecule has 0 aliphatic rings. The van der Waals surface area contributed by atoms with Crippen LogP contribution in [0.15, 0.2) is 119 Å². The number of carbonyl (C=O) groups excluding carboxylic acids is 3. The van der Waals surface area contributed by atoms with Crippen LogP contribution in [0.2, 0.25) is 0 Å². The molecule has 0 saturated carbocycles. The van der Waals surface area contributed by atoms with Crippen molar-refractivity contribution in [1.82, 2.24) is 8.61 Å². The van der Waals surface area contributed by atoms with E-state index >= 15 is 16.8 Å². The zero-order valence-corrected chi connectivity index (χ0v) is 63.8. The number of ether oxygens (including phenoxy) is 8. The number of unbranched alkanes of at least 4 members (excludes halogenated alkanes) is 2. The molecule has 7 aromatic carbocycles. The molecular weight excluding hydrogens is 1310 g/mol. The summed E-state index contributed by atoms with van der Waals surface area (Å²) in [6.45, 7) is 24.7. The fraction of sp³-hybridized carbons (Fsp3) is 0.481. The molecule has 0 aliphatic heterocycles. The maximum Gasteiger partial charge on any atom is 0.344 e. The average Bonchev–Trinajstić information content (AvgIpc) is 0.764. The maximum absolute atomic E-state index is 15.8. The standard InChI is InChI=1S/C79H106N4O15S2/c1-19-21-39-91-41-27-37-82(99(87,88)69-35-25-29-59-61(69)31-23-33-67(59)80(15)16)49-57-43-54(3)45-63(74(57)93-51-71(84)96-77(6,7)8)65-47-56(5)48-66(76(65)95-53-73(86)98-79(12,13)14)64-46-55(4)44-58(75(64)94-52-72(85)97-78(9,10)11)50-83(38-28-42-92-40-22-20-2)100(89,90)70-36-26-30-60-62(70)32-24-34-68(60)81(17)18/h23-26,29-36,43-48H,19-22,27-28,37-42,49-53H2,1-18H3. The quantitative estimate of drug-likeness (QED) is 0.0206. The molecule has 7 aromatic rings. The minimum Gasteiger partial charge on any atom is -0.481 e. The first-order valence-electron chi connectivity index (χ1n) is 34.5. The number of hydrogen-bond acceptors (Lipinski definition) is 17. The highest BCUT2D eigenvalue weighted by Gasteiger charge is 2.34. The number of sulfonamides is 2. The largest absolute Gasteiger partial charge is 0.481 e. The van der Waals surface area contributed by atoms with Gasteiger partial charge in [-0.3, -0.25) is 0 Å². The van der Waals surface area contributed by atoms with Gasteiger partial charge in [-0.2, -0.15) is 8.61 Å². The SMILES string of the molecule is CCCCOCCCN(Cc1cc(C)cc(-c2cc(C)cc(-c3cc(C)cc(CN(CCCOCCCC)S(=O)(=O)c4cccc5c(N(C)C)cccc45)c3OCC(=O)OC(C)(C)C)c2OCC(=O)OC(C)(C)C)c1OCC(=O)OC(C)(C)C)S(=O)(=O)c1cccc2c(N(C)C)cccc12. The molecule has 0 aliphatic carbocycles. The normalized spacial score (nSPS) is 12.3. The van der Waals surface area contributed by atoms with Crippen LogP contribution in [-0.2, 0) is 71.2 Å². The topological polar surface area (TPSA) is 206 Å². The lowest BCUT2D eigenvalue weighted by atomic mass is 9.90. The number of hydrogen-bond donors (Lipinski definition) is 0. The molecule has 0 atom stereocenters. The molecular formula is C79H106N4O15S2. The van der Waals surface area contributed by atoms with Crippen molar-refractivity contribution < 1.29 is 69.1 Å². The van der Waals surface area contributed by atoms with Crippen molar-refractivity contribution in [3.63, 3.8) is 0 Å². The Bertz CT molecular complexity index is 3980. The number of carbonyl (C=O) groups is 3. The molecule has 19 nitrogen and oxygen atoms in total. The number of fused-ring (bicyclic) bond motifs is 2. The average molecular weight is 1420 g/mol. The number of esters is 3. The summed E-state index contributed by atoms with van der Waals surface area (Å²) < 4.78 is 116. The van der Waals surface area contributed by atoms with E-state index in [-0.39, 0.29) is 66.4 Å². The number of rotatable bonds is 35. The molecule has 21 heteroatoms. The summed E-state index contributed by atoms with van der Waals surface area (Å²) in [6, 6.07) is 32.7. The van der Waals surface area contributed by atoms with Gasteiger partial charge in [0.05, 0.1) is 9.79 Å². The third-order valence-electron chi connectivity index (χ3n) is 16.0. The molecule has 0 heterocycles. The van der Waals surface area contributed by atoms with Crippen molar-refractivity contribution in [3.8, 4) is 39.5 Å². The van der Waals surface area contributed by atoms with Crippen LogP contribution in [0.5, 0.6) is 17.2 Å². The zero-order valence-electron chi connectivity index (χ0n) is 62.1. The molecule has 7 rings (SSSR count). The van der Waals surface area contributed by atoms with Gasteiger partial charge >= 0.3 is 17.9 Å². The van der Waals surface area contributed by atoms with E-state index in [9.17, 15) is 14.4 Å². The Labute approximate surface area is 594 Å².